The molecule has 0 aromatic heterocycles. The molecular formula is C13H15ClO2. The summed E-state index contributed by atoms with van der Waals surface area (Å²) in [6.07, 6.45) is 0. The van der Waals surface area contributed by atoms with Gasteiger partial charge in [-0.3, -0.25) is 0 Å². The van der Waals surface area contributed by atoms with Gasteiger partial charge in [0.1, 0.15) is 12.4 Å². The van der Waals surface area contributed by atoms with Gasteiger partial charge in [-0.05, 0) is 25.1 Å². The smallest absolute Gasteiger partial charge is 0.120 e. The second-order valence-corrected chi connectivity index (χ2v) is 3.28. The maximum absolute atomic E-state index is 5.50. The van der Waals surface area contributed by atoms with Crippen LogP contribution in [-0.2, 0) is 4.74 Å². The van der Waals surface area contributed by atoms with Gasteiger partial charge in [-0.15, -0.1) is 11.6 Å². The van der Waals surface area contributed by atoms with E-state index in [1.54, 1.807) is 0 Å². The van der Waals surface area contributed by atoms with Crippen LogP contribution < -0.4 is 4.74 Å². The zero-order valence-electron chi connectivity index (χ0n) is 9.33. The van der Waals surface area contributed by atoms with Gasteiger partial charge in [0.2, 0.25) is 0 Å². The molecule has 0 atom stereocenters. The highest BCUT2D eigenvalue weighted by atomic mass is 35.5. The molecule has 0 radical (unpaired) electrons. The summed E-state index contributed by atoms with van der Waals surface area (Å²) in [6, 6.07) is 7.63. The van der Waals surface area contributed by atoms with Gasteiger partial charge in [0.05, 0.1) is 12.5 Å². The highest BCUT2D eigenvalue weighted by Gasteiger charge is 1.94. The van der Waals surface area contributed by atoms with Crippen molar-refractivity contribution in [1.82, 2.24) is 0 Å². The van der Waals surface area contributed by atoms with E-state index in [2.05, 4.69) is 11.8 Å². The molecule has 0 bridgehead atoms. The van der Waals surface area contributed by atoms with Crippen molar-refractivity contribution in [2.75, 3.05) is 25.7 Å². The number of alkyl halides is 1. The molecule has 0 heterocycles. The maximum Gasteiger partial charge on any atom is 0.120 e. The van der Waals surface area contributed by atoms with Gasteiger partial charge in [0.25, 0.3) is 0 Å². The van der Waals surface area contributed by atoms with Crippen LogP contribution in [0.15, 0.2) is 24.3 Å². The van der Waals surface area contributed by atoms with Crippen molar-refractivity contribution in [1.29, 1.82) is 0 Å². The number of ether oxygens (including phenoxy) is 2. The fourth-order valence-electron chi connectivity index (χ4n) is 1.16. The van der Waals surface area contributed by atoms with Crippen LogP contribution in [-0.4, -0.2) is 25.7 Å². The number of hydrogen-bond acceptors (Lipinski definition) is 2. The van der Waals surface area contributed by atoms with E-state index in [4.69, 9.17) is 21.1 Å². The van der Waals surface area contributed by atoms with E-state index in [1.807, 2.05) is 31.2 Å². The molecule has 0 saturated carbocycles. The molecule has 0 aliphatic rings. The molecule has 0 aliphatic heterocycles. The summed E-state index contributed by atoms with van der Waals surface area (Å²) < 4.78 is 10.7. The molecule has 0 fully saturated rings. The van der Waals surface area contributed by atoms with Gasteiger partial charge in [-0.2, -0.15) is 0 Å². The highest BCUT2D eigenvalue weighted by molar-refractivity contribution is 6.19. The molecule has 0 spiro atoms. The lowest BCUT2D eigenvalue weighted by Gasteiger charge is -2.06. The summed E-state index contributed by atoms with van der Waals surface area (Å²) >= 11 is 5.49. The Hall–Kier alpha value is -1.17. The minimum atomic E-state index is 0.343. The van der Waals surface area contributed by atoms with Gasteiger partial charge in [0, 0.05) is 12.2 Å². The minimum absolute atomic E-state index is 0.343. The fourth-order valence-corrected chi connectivity index (χ4v) is 1.23. The summed E-state index contributed by atoms with van der Waals surface area (Å²) in [5.41, 5.74) is 0.912. The largest absolute Gasteiger partial charge is 0.491 e. The van der Waals surface area contributed by atoms with Crippen LogP contribution in [0, 0.1) is 11.8 Å². The van der Waals surface area contributed by atoms with E-state index in [1.165, 1.54) is 0 Å². The van der Waals surface area contributed by atoms with Crippen molar-refractivity contribution < 1.29 is 9.47 Å². The number of halogens is 1. The Labute approximate surface area is 102 Å². The molecule has 86 valence electrons. The van der Waals surface area contributed by atoms with Crippen molar-refractivity contribution in [3.05, 3.63) is 29.8 Å². The topological polar surface area (TPSA) is 18.5 Å². The van der Waals surface area contributed by atoms with Crippen LogP contribution in [0.4, 0.5) is 0 Å². The summed E-state index contributed by atoms with van der Waals surface area (Å²) in [6.45, 7) is 3.83. The van der Waals surface area contributed by atoms with Crippen LogP contribution >= 0.6 is 11.6 Å². The fraction of sp³-hybridized carbons (Fsp3) is 0.385. The number of hydrogen-bond donors (Lipinski definition) is 0. The van der Waals surface area contributed by atoms with Gasteiger partial charge in [0.15, 0.2) is 0 Å². The third kappa shape index (κ3) is 5.06. The molecule has 1 aromatic rings. The molecule has 0 aliphatic carbocycles. The third-order valence-corrected chi connectivity index (χ3v) is 1.97. The van der Waals surface area contributed by atoms with Crippen molar-refractivity contribution in [3.8, 4) is 17.6 Å². The zero-order valence-corrected chi connectivity index (χ0v) is 10.1. The van der Waals surface area contributed by atoms with Gasteiger partial charge in [-0.25, -0.2) is 0 Å². The molecule has 16 heavy (non-hydrogen) atoms. The first kappa shape index (κ1) is 12.9. The second-order valence-electron chi connectivity index (χ2n) is 3.01. The van der Waals surface area contributed by atoms with Gasteiger partial charge in [-0.1, -0.05) is 17.9 Å². The van der Waals surface area contributed by atoms with E-state index in [0.717, 1.165) is 11.3 Å². The van der Waals surface area contributed by atoms with Crippen molar-refractivity contribution in [2.24, 2.45) is 0 Å². The van der Waals surface area contributed by atoms with Crippen LogP contribution in [0.25, 0.3) is 0 Å². The van der Waals surface area contributed by atoms with Crippen LogP contribution in [0.5, 0.6) is 5.75 Å². The third-order valence-electron chi connectivity index (χ3n) is 1.83. The average Bonchev–Trinajstić information content (AvgIpc) is 2.33. The molecular weight excluding hydrogens is 224 g/mol. The molecule has 0 amide bonds. The first-order chi connectivity index (χ1) is 7.86. The van der Waals surface area contributed by atoms with Crippen LogP contribution in [0.3, 0.4) is 0 Å². The Morgan fingerprint density at radius 3 is 2.94 bits per heavy atom. The lowest BCUT2D eigenvalue weighted by atomic mass is 10.2. The van der Waals surface area contributed by atoms with Crippen molar-refractivity contribution in [2.45, 2.75) is 6.92 Å². The molecule has 0 unspecified atom stereocenters. The predicted octanol–water partition coefficient (Wildman–Crippen LogP) is 2.69. The Bertz CT molecular complexity index is 366. The molecule has 1 rings (SSSR count). The lowest BCUT2D eigenvalue weighted by molar-refractivity contribution is 0.110. The highest BCUT2D eigenvalue weighted by Crippen LogP contribution is 2.12. The SMILES string of the molecule is CCOCCOc1cccc(C#CCCl)c1. The Kier molecular flexibility index (Phi) is 6.48. The molecule has 2 nitrogen and oxygen atoms in total. The molecule has 1 aromatic carbocycles. The minimum Gasteiger partial charge on any atom is -0.491 e. The second kappa shape index (κ2) is 8.04. The van der Waals surface area contributed by atoms with E-state index in [9.17, 15) is 0 Å². The van der Waals surface area contributed by atoms with Gasteiger partial charge >= 0.3 is 0 Å². The molecule has 0 N–H and O–H groups in total. The van der Waals surface area contributed by atoms with Gasteiger partial charge < -0.3 is 9.47 Å². The van der Waals surface area contributed by atoms with Crippen LogP contribution in [0.1, 0.15) is 12.5 Å². The summed E-state index contributed by atoms with van der Waals surface area (Å²) in [5.74, 6) is 6.90. The zero-order chi connectivity index (χ0) is 11.6. The Morgan fingerprint density at radius 2 is 2.19 bits per heavy atom. The summed E-state index contributed by atoms with van der Waals surface area (Å²) in [5, 5.41) is 0. The standard InChI is InChI=1S/C13H15ClO2/c1-2-15-9-10-16-13-7-3-5-12(11-13)6-4-8-14/h3,5,7,11H,2,8-10H2,1H3. The van der Waals surface area contributed by atoms with E-state index in [0.29, 0.717) is 25.7 Å². The quantitative estimate of drug-likeness (QED) is 0.446. The summed E-state index contributed by atoms with van der Waals surface area (Å²) in [4.78, 5) is 0. The number of benzene rings is 1. The number of rotatable bonds is 5. The lowest BCUT2D eigenvalue weighted by Crippen LogP contribution is -2.06. The first-order valence-electron chi connectivity index (χ1n) is 5.22. The monoisotopic (exact) mass is 238 g/mol. The maximum atomic E-state index is 5.50. The normalized spacial score (nSPS) is 9.38. The van der Waals surface area contributed by atoms with E-state index in [-0.39, 0.29) is 0 Å². The van der Waals surface area contributed by atoms with Crippen molar-refractivity contribution in [3.63, 3.8) is 0 Å². The van der Waals surface area contributed by atoms with Crippen molar-refractivity contribution >= 4 is 11.6 Å². The Morgan fingerprint density at radius 1 is 1.31 bits per heavy atom. The van der Waals surface area contributed by atoms with E-state index >= 15 is 0 Å². The average molecular weight is 239 g/mol. The predicted molar refractivity (Wildman–Crippen MR) is 66.0 cm³/mol. The Balaban J connectivity index is 2.47. The van der Waals surface area contributed by atoms with E-state index < -0.39 is 0 Å². The van der Waals surface area contributed by atoms with Crippen LogP contribution in [0.2, 0.25) is 0 Å². The molecule has 0 saturated heterocycles. The molecule has 3 heteroatoms. The first-order valence-corrected chi connectivity index (χ1v) is 5.75. The summed E-state index contributed by atoms with van der Waals surface area (Å²) in [7, 11) is 0.